The van der Waals surface area contributed by atoms with Crippen LogP contribution in [0.3, 0.4) is 0 Å². The zero-order chi connectivity index (χ0) is 34.4. The molecule has 0 N–H and O–H groups in total. The van der Waals surface area contributed by atoms with Crippen LogP contribution in [0, 0.1) is 0 Å². The SMILES string of the molecule is CC(C)(C)c1ccc2ccc3c(C(C)(C)C)cc(N(c4ccccc4)c4cccc(-c5cccc6c5oc5ccccc56)c4)c4ccc1c2c43. The molecular formula is C48H41NO. The fourth-order valence-corrected chi connectivity index (χ4v) is 8.13. The Morgan fingerprint density at radius 2 is 1.10 bits per heavy atom. The average Bonchev–Trinajstić information content (AvgIpc) is 3.49. The Kier molecular flexibility index (Phi) is 6.67. The highest BCUT2D eigenvalue weighted by Crippen LogP contribution is 2.49. The van der Waals surface area contributed by atoms with Crippen molar-refractivity contribution in [2.24, 2.45) is 0 Å². The van der Waals surface area contributed by atoms with Crippen molar-refractivity contribution in [3.63, 3.8) is 0 Å². The number of hydrogen-bond acceptors (Lipinski definition) is 2. The van der Waals surface area contributed by atoms with Crippen LogP contribution in [-0.2, 0) is 10.8 Å². The Morgan fingerprint density at radius 3 is 1.90 bits per heavy atom. The molecule has 1 aromatic heterocycles. The summed E-state index contributed by atoms with van der Waals surface area (Å²) in [4.78, 5) is 2.45. The highest BCUT2D eigenvalue weighted by Gasteiger charge is 2.27. The first-order valence-electron chi connectivity index (χ1n) is 17.7. The number of fused-ring (bicyclic) bond motifs is 3. The van der Waals surface area contributed by atoms with Gasteiger partial charge in [0.05, 0.1) is 5.69 Å². The van der Waals surface area contributed by atoms with E-state index in [4.69, 9.17) is 4.42 Å². The van der Waals surface area contributed by atoms with E-state index in [2.05, 4.69) is 180 Å². The first-order valence-corrected chi connectivity index (χ1v) is 17.7. The molecule has 0 amide bonds. The van der Waals surface area contributed by atoms with Crippen molar-refractivity contribution in [1.82, 2.24) is 0 Å². The van der Waals surface area contributed by atoms with E-state index in [-0.39, 0.29) is 10.8 Å². The lowest BCUT2D eigenvalue weighted by Crippen LogP contribution is -2.16. The van der Waals surface area contributed by atoms with E-state index in [1.165, 1.54) is 49.1 Å². The number of para-hydroxylation sites is 3. The summed E-state index contributed by atoms with van der Waals surface area (Å²) in [5.41, 5.74) is 10.1. The summed E-state index contributed by atoms with van der Waals surface area (Å²) in [5.74, 6) is 0. The van der Waals surface area contributed by atoms with Gasteiger partial charge < -0.3 is 9.32 Å². The molecule has 50 heavy (non-hydrogen) atoms. The lowest BCUT2D eigenvalue weighted by atomic mass is 9.78. The molecule has 1 heterocycles. The van der Waals surface area contributed by atoms with E-state index in [0.717, 1.165) is 44.4 Å². The average molecular weight is 648 g/mol. The van der Waals surface area contributed by atoms with Gasteiger partial charge in [0.25, 0.3) is 0 Å². The van der Waals surface area contributed by atoms with Crippen molar-refractivity contribution in [2.45, 2.75) is 52.4 Å². The highest BCUT2D eigenvalue weighted by molar-refractivity contribution is 6.27. The third kappa shape index (κ3) is 4.70. The maximum absolute atomic E-state index is 6.50. The third-order valence-electron chi connectivity index (χ3n) is 10.5. The minimum absolute atomic E-state index is 0.0250. The van der Waals surface area contributed by atoms with Crippen LogP contribution in [-0.4, -0.2) is 0 Å². The van der Waals surface area contributed by atoms with E-state index in [9.17, 15) is 0 Å². The smallest absolute Gasteiger partial charge is 0.143 e. The molecule has 0 aliphatic carbocycles. The summed E-state index contributed by atoms with van der Waals surface area (Å²) < 4.78 is 6.50. The van der Waals surface area contributed by atoms with Crippen LogP contribution in [0.2, 0.25) is 0 Å². The second kappa shape index (κ2) is 11.0. The Labute approximate surface area is 293 Å². The van der Waals surface area contributed by atoms with Crippen molar-refractivity contribution in [1.29, 1.82) is 0 Å². The highest BCUT2D eigenvalue weighted by atomic mass is 16.3. The zero-order valence-electron chi connectivity index (χ0n) is 29.6. The van der Waals surface area contributed by atoms with Gasteiger partial charge in [0, 0.05) is 33.1 Å². The van der Waals surface area contributed by atoms with Gasteiger partial charge in [-0.05, 0) is 90.8 Å². The second-order valence-electron chi connectivity index (χ2n) is 15.8. The quantitative estimate of drug-likeness (QED) is 0.177. The lowest BCUT2D eigenvalue weighted by molar-refractivity contribution is 0.595. The minimum atomic E-state index is -0.0783. The molecule has 0 atom stereocenters. The van der Waals surface area contributed by atoms with Crippen molar-refractivity contribution in [3.8, 4) is 11.1 Å². The second-order valence-corrected chi connectivity index (χ2v) is 15.8. The van der Waals surface area contributed by atoms with Gasteiger partial charge in [0.2, 0.25) is 0 Å². The van der Waals surface area contributed by atoms with Crippen molar-refractivity contribution in [2.75, 3.05) is 4.90 Å². The van der Waals surface area contributed by atoms with Gasteiger partial charge >= 0.3 is 0 Å². The molecule has 2 nitrogen and oxygen atoms in total. The number of anilines is 3. The molecule has 0 saturated heterocycles. The van der Waals surface area contributed by atoms with E-state index in [0.29, 0.717) is 0 Å². The maximum Gasteiger partial charge on any atom is 0.143 e. The van der Waals surface area contributed by atoms with Gasteiger partial charge in [-0.25, -0.2) is 0 Å². The van der Waals surface area contributed by atoms with E-state index in [1.54, 1.807) is 0 Å². The van der Waals surface area contributed by atoms with Crippen LogP contribution in [0.4, 0.5) is 17.1 Å². The molecule has 0 aliphatic rings. The number of benzene rings is 8. The van der Waals surface area contributed by atoms with Crippen LogP contribution in [0.25, 0.3) is 65.4 Å². The Balaban J connectivity index is 1.35. The van der Waals surface area contributed by atoms with E-state index in [1.807, 2.05) is 6.07 Å². The fraction of sp³-hybridized carbons (Fsp3) is 0.167. The molecule has 244 valence electrons. The van der Waals surface area contributed by atoms with Gasteiger partial charge in [0.1, 0.15) is 11.2 Å². The van der Waals surface area contributed by atoms with Crippen LogP contribution < -0.4 is 4.90 Å². The van der Waals surface area contributed by atoms with Gasteiger partial charge in [-0.2, -0.15) is 0 Å². The standard InChI is InChI=1S/C48H41NO/c1-47(2,3)40-27-23-30-22-24-38-41(48(4,5)6)29-42(39-26-25-37(40)44(30)45(38)39)49(32-15-8-7-9-16-32)33-17-12-14-31(28-33)34-19-13-20-36-35-18-10-11-21-43(35)50-46(34)36/h7-29H,1-6H3. The molecule has 0 saturated carbocycles. The molecule has 0 aliphatic heterocycles. The molecule has 8 aromatic carbocycles. The van der Waals surface area contributed by atoms with Crippen molar-refractivity contribution in [3.05, 3.63) is 151 Å². The first kappa shape index (κ1) is 30.5. The van der Waals surface area contributed by atoms with Gasteiger partial charge in [-0.15, -0.1) is 0 Å². The fourth-order valence-electron chi connectivity index (χ4n) is 8.13. The molecule has 9 aromatic rings. The largest absolute Gasteiger partial charge is 0.455 e. The van der Waals surface area contributed by atoms with Crippen molar-refractivity contribution >= 4 is 71.3 Å². The van der Waals surface area contributed by atoms with E-state index >= 15 is 0 Å². The molecule has 0 radical (unpaired) electrons. The predicted octanol–water partition coefficient (Wildman–Crippen LogP) is 14.2. The molecule has 0 unspecified atom stereocenters. The van der Waals surface area contributed by atoms with Crippen molar-refractivity contribution < 1.29 is 4.42 Å². The summed E-state index contributed by atoms with van der Waals surface area (Å²) in [7, 11) is 0. The van der Waals surface area contributed by atoms with E-state index < -0.39 is 0 Å². The van der Waals surface area contributed by atoms with Gasteiger partial charge in [0.15, 0.2) is 0 Å². The predicted molar refractivity (Wildman–Crippen MR) is 215 cm³/mol. The molecule has 0 spiro atoms. The number of furan rings is 1. The summed E-state index contributed by atoms with van der Waals surface area (Å²) in [5, 5.41) is 10.2. The molecule has 0 bridgehead atoms. The topological polar surface area (TPSA) is 16.4 Å². The number of rotatable bonds is 4. The number of hydrogen-bond donors (Lipinski definition) is 0. The Morgan fingerprint density at radius 1 is 0.460 bits per heavy atom. The van der Waals surface area contributed by atoms with Gasteiger partial charge in [-0.1, -0.05) is 145 Å². The first-order chi connectivity index (χ1) is 24.1. The molecule has 2 heteroatoms. The summed E-state index contributed by atoms with van der Waals surface area (Å²) in [6.45, 7) is 14.0. The molecule has 9 rings (SSSR count). The Bertz CT molecular complexity index is 2720. The van der Waals surface area contributed by atoms with Crippen LogP contribution >= 0.6 is 0 Å². The normalized spacial score (nSPS) is 12.6. The summed E-state index contributed by atoms with van der Waals surface area (Å²) >= 11 is 0. The lowest BCUT2D eigenvalue weighted by Gasteiger charge is -2.32. The monoisotopic (exact) mass is 647 g/mol. The van der Waals surface area contributed by atoms with Gasteiger partial charge in [-0.3, -0.25) is 0 Å². The third-order valence-corrected chi connectivity index (χ3v) is 10.5. The molecular weight excluding hydrogens is 607 g/mol. The zero-order valence-corrected chi connectivity index (χ0v) is 29.6. The summed E-state index contributed by atoms with van der Waals surface area (Å²) in [6.07, 6.45) is 0. The molecule has 0 fully saturated rings. The van der Waals surface area contributed by atoms with Crippen LogP contribution in [0.5, 0.6) is 0 Å². The maximum atomic E-state index is 6.50. The van der Waals surface area contributed by atoms with Crippen LogP contribution in [0.15, 0.2) is 144 Å². The number of nitrogens with zero attached hydrogens (tertiary/aromatic N) is 1. The minimum Gasteiger partial charge on any atom is -0.455 e. The Hall–Kier alpha value is -5.60. The van der Waals surface area contributed by atoms with Crippen LogP contribution in [0.1, 0.15) is 52.7 Å². The summed E-state index contributed by atoms with van der Waals surface area (Å²) in [6, 6.07) is 51.1.